The molecular weight excluding hydrogens is 355 g/mol. The normalized spacial score (nSPS) is 16.3. The van der Waals surface area contributed by atoms with E-state index in [9.17, 15) is 8.28 Å². The average molecular weight is 390 g/mol. The summed E-state index contributed by atoms with van der Waals surface area (Å²) in [5, 5.41) is 0.884. The van der Waals surface area contributed by atoms with E-state index in [-0.39, 0.29) is 22.5 Å². The van der Waals surface area contributed by atoms with Gasteiger partial charge in [0, 0.05) is 5.54 Å². The third kappa shape index (κ3) is 10.3. The van der Waals surface area contributed by atoms with E-state index in [4.69, 9.17) is 5.73 Å². The van der Waals surface area contributed by atoms with Crippen molar-refractivity contribution in [3.05, 3.63) is 46.4 Å². The number of nitrogens with two attached hydrogens (primary N) is 1. The smallest absolute Gasteiger partial charge is 0.141 e. The molecule has 0 saturated carbocycles. The zero-order valence-corrected chi connectivity index (χ0v) is 18.3. The fraction of sp³-hybridized carbons (Fsp3) is 0.600. The Bertz CT molecular complexity index is 538. The lowest BCUT2D eigenvalue weighted by atomic mass is 9.80. The van der Waals surface area contributed by atoms with Gasteiger partial charge in [-0.25, -0.2) is 4.39 Å². The lowest BCUT2D eigenvalue weighted by molar-refractivity contribution is 0.321. The van der Waals surface area contributed by atoms with Gasteiger partial charge in [0.2, 0.25) is 0 Å². The minimum atomic E-state index is -0.580. The predicted molar refractivity (Wildman–Crippen MR) is 114 cm³/mol. The summed E-state index contributed by atoms with van der Waals surface area (Å²) in [5.74, 6) is -0.580. The quantitative estimate of drug-likeness (QED) is 0.239. The van der Waals surface area contributed by atoms with Gasteiger partial charge in [0.15, 0.2) is 0 Å². The van der Waals surface area contributed by atoms with Crippen molar-refractivity contribution >= 4 is 21.4 Å². The fourth-order valence-electron chi connectivity index (χ4n) is 2.32. The first-order valence-corrected chi connectivity index (χ1v) is 9.87. The van der Waals surface area contributed by atoms with Crippen LogP contribution >= 0.6 is 21.4 Å². The lowest BCUT2D eigenvalue weighted by Gasteiger charge is -2.31. The Morgan fingerprint density at radius 1 is 1.16 bits per heavy atom. The highest BCUT2D eigenvalue weighted by Crippen LogP contribution is 2.32. The van der Waals surface area contributed by atoms with E-state index in [1.807, 2.05) is 13.8 Å². The SMILES string of the molecule is C=C(SF)/C(F)=C(\C=C(/C)P)CCCC(=C)C(C)(N)CCC(C)(C)C. The standard InChI is InChI=1S/C20H34F2NPS/c1-14(20(7,23)12-11-19(4,5)6)9-8-10-17(13-15(2)24)18(21)16(3)25-22/h13H,1,3,8-12,23-24H2,2,4-7H3/b15-13+,18-17+. The van der Waals surface area contributed by atoms with Crippen molar-refractivity contribution in [2.75, 3.05) is 0 Å². The fourth-order valence-corrected chi connectivity index (χ4v) is 2.72. The van der Waals surface area contributed by atoms with Crippen molar-refractivity contribution in [3.63, 3.8) is 0 Å². The Hall–Kier alpha value is -0.440. The highest BCUT2D eigenvalue weighted by atomic mass is 32.2. The topological polar surface area (TPSA) is 26.0 Å². The van der Waals surface area contributed by atoms with E-state index in [0.29, 0.717) is 24.8 Å². The molecule has 144 valence electrons. The van der Waals surface area contributed by atoms with E-state index in [1.165, 1.54) is 0 Å². The largest absolute Gasteiger partial charge is 0.322 e. The summed E-state index contributed by atoms with van der Waals surface area (Å²) in [6.07, 6.45) is 5.51. The van der Waals surface area contributed by atoms with Crippen LogP contribution < -0.4 is 5.73 Å². The molecule has 0 aromatic heterocycles. The summed E-state index contributed by atoms with van der Waals surface area (Å²) in [6, 6.07) is 0. The number of hydrogen-bond donors (Lipinski definition) is 1. The van der Waals surface area contributed by atoms with Gasteiger partial charge in [0.05, 0.1) is 17.1 Å². The minimum absolute atomic E-state index is 0.160. The van der Waals surface area contributed by atoms with Gasteiger partial charge in [-0.05, 0) is 56.9 Å². The lowest BCUT2D eigenvalue weighted by Crippen LogP contribution is -2.39. The van der Waals surface area contributed by atoms with Gasteiger partial charge in [0.1, 0.15) is 5.83 Å². The van der Waals surface area contributed by atoms with Crippen LogP contribution in [0.4, 0.5) is 8.28 Å². The first kappa shape index (κ1) is 24.6. The molecular formula is C20H34F2NPS. The third-order valence-electron chi connectivity index (χ3n) is 4.15. The molecule has 0 saturated heterocycles. The molecule has 0 aromatic rings. The summed E-state index contributed by atoms with van der Waals surface area (Å²) >= 11 is -0.160. The maximum absolute atomic E-state index is 14.3. The molecule has 0 heterocycles. The van der Waals surface area contributed by atoms with Crippen LogP contribution in [0.3, 0.4) is 0 Å². The van der Waals surface area contributed by atoms with Crippen molar-refractivity contribution in [2.45, 2.75) is 72.3 Å². The Morgan fingerprint density at radius 3 is 2.16 bits per heavy atom. The third-order valence-corrected chi connectivity index (χ3v) is 4.68. The van der Waals surface area contributed by atoms with Crippen molar-refractivity contribution in [1.82, 2.24) is 0 Å². The van der Waals surface area contributed by atoms with E-state index >= 15 is 0 Å². The maximum Gasteiger partial charge on any atom is 0.141 e. The van der Waals surface area contributed by atoms with E-state index in [0.717, 1.165) is 23.7 Å². The van der Waals surface area contributed by atoms with Crippen molar-refractivity contribution in [3.8, 4) is 0 Å². The average Bonchev–Trinajstić information content (AvgIpc) is 2.49. The summed E-state index contributed by atoms with van der Waals surface area (Å²) < 4.78 is 26.9. The van der Waals surface area contributed by atoms with Gasteiger partial charge in [-0.3, -0.25) is 0 Å². The molecule has 0 spiro atoms. The van der Waals surface area contributed by atoms with Gasteiger partial charge < -0.3 is 5.73 Å². The van der Waals surface area contributed by atoms with Crippen LogP contribution in [0.15, 0.2) is 46.4 Å². The van der Waals surface area contributed by atoms with Gasteiger partial charge in [0.25, 0.3) is 0 Å². The van der Waals surface area contributed by atoms with Crippen LogP contribution in [0.1, 0.15) is 66.7 Å². The molecule has 2 atom stereocenters. The Labute approximate surface area is 159 Å². The van der Waals surface area contributed by atoms with Gasteiger partial charge in [-0.2, -0.15) is 3.89 Å². The summed E-state index contributed by atoms with van der Waals surface area (Å²) in [7, 11) is 2.52. The molecule has 0 aliphatic rings. The van der Waals surface area contributed by atoms with E-state index in [1.54, 1.807) is 6.08 Å². The Balaban J connectivity index is 4.86. The number of rotatable bonds is 10. The molecule has 0 radical (unpaired) electrons. The molecule has 0 bridgehead atoms. The van der Waals surface area contributed by atoms with Gasteiger partial charge >= 0.3 is 0 Å². The molecule has 0 rings (SSSR count). The van der Waals surface area contributed by atoms with Crippen LogP contribution in [-0.2, 0) is 0 Å². The monoisotopic (exact) mass is 389 g/mol. The second-order valence-electron chi connectivity index (χ2n) is 8.16. The molecule has 1 nitrogen and oxygen atoms in total. The zero-order chi connectivity index (χ0) is 19.8. The van der Waals surface area contributed by atoms with Crippen molar-refractivity contribution in [1.29, 1.82) is 0 Å². The van der Waals surface area contributed by atoms with Crippen LogP contribution in [0, 0.1) is 5.41 Å². The molecule has 0 aliphatic carbocycles. The highest BCUT2D eigenvalue weighted by molar-refractivity contribution is 7.98. The van der Waals surface area contributed by atoms with Crippen LogP contribution in [0.5, 0.6) is 0 Å². The molecule has 0 aromatic carbocycles. The zero-order valence-electron chi connectivity index (χ0n) is 16.3. The Morgan fingerprint density at radius 2 is 1.72 bits per heavy atom. The number of halogens is 2. The molecule has 25 heavy (non-hydrogen) atoms. The van der Waals surface area contributed by atoms with E-state index in [2.05, 4.69) is 43.2 Å². The summed E-state index contributed by atoms with van der Waals surface area (Å²) in [4.78, 5) is -0.190. The second kappa shape index (κ2) is 10.6. The minimum Gasteiger partial charge on any atom is -0.322 e. The van der Waals surface area contributed by atoms with Gasteiger partial charge in [-0.15, -0.1) is 9.24 Å². The van der Waals surface area contributed by atoms with Crippen LogP contribution in [0.2, 0.25) is 0 Å². The molecule has 2 unspecified atom stereocenters. The number of allylic oxidation sites excluding steroid dienone is 4. The first-order valence-electron chi connectivity index (χ1n) is 8.57. The summed E-state index contributed by atoms with van der Waals surface area (Å²) in [5.41, 5.74) is 7.66. The molecule has 5 heteroatoms. The van der Waals surface area contributed by atoms with E-state index < -0.39 is 11.4 Å². The highest BCUT2D eigenvalue weighted by Gasteiger charge is 2.24. The van der Waals surface area contributed by atoms with Crippen molar-refractivity contribution < 1.29 is 8.28 Å². The molecule has 0 fully saturated rings. The number of hydrogen-bond acceptors (Lipinski definition) is 2. The van der Waals surface area contributed by atoms with Gasteiger partial charge in [-0.1, -0.05) is 50.9 Å². The van der Waals surface area contributed by atoms with Crippen LogP contribution in [-0.4, -0.2) is 5.54 Å². The maximum atomic E-state index is 14.3. The second-order valence-corrected chi connectivity index (χ2v) is 9.72. The van der Waals surface area contributed by atoms with Crippen molar-refractivity contribution in [2.24, 2.45) is 11.1 Å². The molecule has 0 aliphatic heterocycles. The van der Waals surface area contributed by atoms with Crippen LogP contribution in [0.25, 0.3) is 0 Å². The summed E-state index contributed by atoms with van der Waals surface area (Å²) in [6.45, 7) is 18.0. The first-order chi connectivity index (χ1) is 11.3. The Kier molecular flexibility index (Phi) is 10.5. The predicted octanol–water partition coefficient (Wildman–Crippen LogP) is 7.39. The molecule has 0 amide bonds. The molecule has 2 N–H and O–H groups in total.